The van der Waals surface area contributed by atoms with E-state index in [1.165, 1.54) is 6.08 Å². The molecule has 2 N–H and O–H groups in total. The van der Waals surface area contributed by atoms with E-state index in [4.69, 9.17) is 4.74 Å². The van der Waals surface area contributed by atoms with Crippen molar-refractivity contribution in [2.75, 3.05) is 13.7 Å². The number of methoxy groups -OCH3 is 1. The van der Waals surface area contributed by atoms with E-state index in [0.29, 0.717) is 0 Å². The van der Waals surface area contributed by atoms with Crippen LogP contribution in [0.15, 0.2) is 30.3 Å². The van der Waals surface area contributed by atoms with Crippen molar-refractivity contribution in [2.24, 2.45) is 0 Å². The molecule has 1 aromatic rings. The Morgan fingerprint density at radius 2 is 1.90 bits per heavy atom. The number of carbonyl (C=O) groups is 2. The average Bonchev–Trinajstić information content (AvgIpc) is 2.42. The maximum absolute atomic E-state index is 11.5. The Hall–Kier alpha value is -2.30. The molecule has 0 bridgehead atoms. The Morgan fingerprint density at radius 3 is 2.45 bits per heavy atom. The third kappa shape index (κ3) is 6.04. The standard InChI is InChI=1S/C15H20N2O3/c1-11(2)17-15(19)10-16-14(18)9-6-12-4-7-13(20-3)8-5-12/h4-9,11H,10H2,1-3H3,(H,16,18)(H,17,19)/b9-6+. The van der Waals surface area contributed by atoms with E-state index in [-0.39, 0.29) is 24.4 Å². The molecule has 5 heteroatoms. The molecule has 0 unspecified atom stereocenters. The lowest BCUT2D eigenvalue weighted by Crippen LogP contribution is -2.39. The molecule has 108 valence electrons. The maximum Gasteiger partial charge on any atom is 0.244 e. The van der Waals surface area contributed by atoms with Gasteiger partial charge in [-0.3, -0.25) is 9.59 Å². The summed E-state index contributed by atoms with van der Waals surface area (Å²) in [7, 11) is 1.60. The number of rotatable bonds is 6. The second kappa shape index (κ2) is 7.99. The van der Waals surface area contributed by atoms with Gasteiger partial charge in [0, 0.05) is 12.1 Å². The lowest BCUT2D eigenvalue weighted by molar-refractivity contribution is -0.124. The molecule has 0 aromatic heterocycles. The van der Waals surface area contributed by atoms with E-state index >= 15 is 0 Å². The predicted molar refractivity (Wildman–Crippen MR) is 78.3 cm³/mol. The van der Waals surface area contributed by atoms with Crippen LogP contribution >= 0.6 is 0 Å². The minimum absolute atomic E-state index is 0.0238. The summed E-state index contributed by atoms with van der Waals surface area (Å²) < 4.78 is 5.04. The fraction of sp³-hybridized carbons (Fsp3) is 0.333. The summed E-state index contributed by atoms with van der Waals surface area (Å²) in [4.78, 5) is 22.9. The van der Waals surface area contributed by atoms with Gasteiger partial charge in [-0.2, -0.15) is 0 Å². The first kappa shape index (κ1) is 15.8. The van der Waals surface area contributed by atoms with E-state index in [1.807, 2.05) is 38.1 Å². The summed E-state index contributed by atoms with van der Waals surface area (Å²) in [5, 5.41) is 5.21. The molecule has 0 aliphatic heterocycles. The summed E-state index contributed by atoms with van der Waals surface area (Å²) in [6.07, 6.45) is 3.07. The van der Waals surface area contributed by atoms with Crippen molar-refractivity contribution in [1.82, 2.24) is 10.6 Å². The zero-order chi connectivity index (χ0) is 15.0. The van der Waals surface area contributed by atoms with Crippen LogP contribution in [0.3, 0.4) is 0 Å². The highest BCUT2D eigenvalue weighted by atomic mass is 16.5. The van der Waals surface area contributed by atoms with Gasteiger partial charge >= 0.3 is 0 Å². The molecule has 2 amide bonds. The largest absolute Gasteiger partial charge is 0.497 e. The molecule has 0 fully saturated rings. The molecule has 0 aliphatic carbocycles. The lowest BCUT2D eigenvalue weighted by atomic mass is 10.2. The molecule has 20 heavy (non-hydrogen) atoms. The molecule has 0 atom stereocenters. The smallest absolute Gasteiger partial charge is 0.244 e. The molecule has 5 nitrogen and oxygen atoms in total. The maximum atomic E-state index is 11.5. The number of amides is 2. The van der Waals surface area contributed by atoms with Crippen molar-refractivity contribution < 1.29 is 14.3 Å². The van der Waals surface area contributed by atoms with Crippen LogP contribution in [0.1, 0.15) is 19.4 Å². The summed E-state index contributed by atoms with van der Waals surface area (Å²) >= 11 is 0. The van der Waals surface area contributed by atoms with E-state index in [0.717, 1.165) is 11.3 Å². The van der Waals surface area contributed by atoms with Gasteiger partial charge in [-0.15, -0.1) is 0 Å². The van der Waals surface area contributed by atoms with Crippen LogP contribution in [0.5, 0.6) is 5.75 Å². The average molecular weight is 276 g/mol. The number of hydrogen-bond acceptors (Lipinski definition) is 3. The van der Waals surface area contributed by atoms with Crippen LogP contribution in [0, 0.1) is 0 Å². The number of nitrogens with one attached hydrogen (secondary N) is 2. The van der Waals surface area contributed by atoms with E-state index in [1.54, 1.807) is 13.2 Å². The van der Waals surface area contributed by atoms with Crippen LogP contribution < -0.4 is 15.4 Å². The third-order valence-electron chi connectivity index (χ3n) is 2.42. The molecule has 0 saturated heterocycles. The van der Waals surface area contributed by atoms with Gasteiger partial charge in [0.1, 0.15) is 5.75 Å². The van der Waals surface area contributed by atoms with Crippen molar-refractivity contribution >= 4 is 17.9 Å². The Balaban J connectivity index is 2.41. The van der Waals surface area contributed by atoms with Crippen LogP contribution in [-0.4, -0.2) is 31.5 Å². The Kier molecular flexibility index (Phi) is 6.29. The molecule has 0 heterocycles. The van der Waals surface area contributed by atoms with Gasteiger partial charge in [-0.1, -0.05) is 12.1 Å². The summed E-state index contributed by atoms with van der Waals surface area (Å²) in [6.45, 7) is 3.70. The first-order valence-electron chi connectivity index (χ1n) is 6.40. The van der Waals surface area contributed by atoms with Gasteiger partial charge in [-0.05, 0) is 37.6 Å². The van der Waals surface area contributed by atoms with Crippen molar-refractivity contribution in [3.05, 3.63) is 35.9 Å². The highest BCUT2D eigenvalue weighted by Gasteiger charge is 2.03. The zero-order valence-corrected chi connectivity index (χ0v) is 12.0. The number of hydrogen-bond donors (Lipinski definition) is 2. The Bertz CT molecular complexity index is 478. The van der Waals surface area contributed by atoms with Gasteiger partial charge in [-0.25, -0.2) is 0 Å². The van der Waals surface area contributed by atoms with E-state index in [9.17, 15) is 9.59 Å². The Morgan fingerprint density at radius 1 is 1.25 bits per heavy atom. The molecule has 0 saturated carbocycles. The van der Waals surface area contributed by atoms with Crippen LogP contribution in [0.4, 0.5) is 0 Å². The van der Waals surface area contributed by atoms with Crippen LogP contribution in [0.2, 0.25) is 0 Å². The minimum atomic E-state index is -0.306. The first-order chi connectivity index (χ1) is 9.51. The summed E-state index contributed by atoms with van der Waals surface area (Å²) in [5.41, 5.74) is 0.882. The van der Waals surface area contributed by atoms with Crippen molar-refractivity contribution in [3.8, 4) is 5.75 Å². The topological polar surface area (TPSA) is 67.4 Å². The van der Waals surface area contributed by atoms with Gasteiger partial charge in [0.25, 0.3) is 0 Å². The normalized spacial score (nSPS) is 10.6. The number of benzene rings is 1. The second-order valence-electron chi connectivity index (χ2n) is 4.55. The monoisotopic (exact) mass is 276 g/mol. The minimum Gasteiger partial charge on any atom is -0.497 e. The number of carbonyl (C=O) groups excluding carboxylic acids is 2. The second-order valence-corrected chi connectivity index (χ2v) is 4.55. The molecule has 0 aliphatic rings. The van der Waals surface area contributed by atoms with Crippen LogP contribution in [0.25, 0.3) is 6.08 Å². The van der Waals surface area contributed by atoms with Crippen molar-refractivity contribution in [3.63, 3.8) is 0 Å². The molecule has 1 rings (SSSR count). The molecular formula is C15H20N2O3. The van der Waals surface area contributed by atoms with Gasteiger partial charge in [0.05, 0.1) is 13.7 Å². The zero-order valence-electron chi connectivity index (χ0n) is 12.0. The van der Waals surface area contributed by atoms with Crippen LogP contribution in [-0.2, 0) is 9.59 Å². The van der Waals surface area contributed by atoms with Crippen molar-refractivity contribution in [2.45, 2.75) is 19.9 Å². The third-order valence-corrected chi connectivity index (χ3v) is 2.42. The van der Waals surface area contributed by atoms with E-state index in [2.05, 4.69) is 10.6 Å². The lowest BCUT2D eigenvalue weighted by Gasteiger charge is -2.08. The highest BCUT2D eigenvalue weighted by molar-refractivity contribution is 5.94. The molecule has 1 aromatic carbocycles. The van der Waals surface area contributed by atoms with E-state index < -0.39 is 0 Å². The van der Waals surface area contributed by atoms with Gasteiger partial charge < -0.3 is 15.4 Å². The summed E-state index contributed by atoms with van der Waals surface area (Å²) in [5.74, 6) is 0.253. The molecule has 0 radical (unpaired) electrons. The SMILES string of the molecule is COc1ccc(/C=C/C(=O)NCC(=O)NC(C)C)cc1. The fourth-order valence-electron chi connectivity index (χ4n) is 1.49. The van der Waals surface area contributed by atoms with Gasteiger partial charge in [0.15, 0.2) is 0 Å². The summed E-state index contributed by atoms with van der Waals surface area (Å²) in [6, 6.07) is 7.37. The molecular weight excluding hydrogens is 256 g/mol. The fourth-order valence-corrected chi connectivity index (χ4v) is 1.49. The quantitative estimate of drug-likeness (QED) is 0.771. The first-order valence-corrected chi connectivity index (χ1v) is 6.40. The highest BCUT2D eigenvalue weighted by Crippen LogP contribution is 2.11. The Labute approximate surface area is 119 Å². The van der Waals surface area contributed by atoms with Gasteiger partial charge in [0.2, 0.25) is 11.8 Å². The molecule has 0 spiro atoms. The van der Waals surface area contributed by atoms with Crippen molar-refractivity contribution in [1.29, 1.82) is 0 Å². The predicted octanol–water partition coefficient (Wildman–Crippen LogP) is 1.35. The number of ether oxygens (including phenoxy) is 1.